The number of rotatable bonds is 2. The zero-order valence-corrected chi connectivity index (χ0v) is 10.7. The van der Waals surface area contributed by atoms with E-state index in [0.717, 1.165) is 0 Å². The van der Waals surface area contributed by atoms with E-state index < -0.39 is 24.0 Å². The van der Waals surface area contributed by atoms with E-state index in [-0.39, 0.29) is 41.1 Å². The average molecular weight is 315 g/mol. The molecule has 2 amide bonds. The van der Waals surface area contributed by atoms with Crippen LogP contribution in [0.1, 0.15) is 25.7 Å². The first-order valence-electron chi connectivity index (χ1n) is 5.33. The molecule has 2 aliphatic rings. The normalized spacial score (nSPS) is 24.4. The van der Waals surface area contributed by atoms with E-state index in [2.05, 4.69) is 10.6 Å². The zero-order valence-electron chi connectivity index (χ0n) is 9.72. The first-order chi connectivity index (χ1) is 8.40. The molecular formula is C10H12N2NiO6. The Morgan fingerprint density at radius 3 is 1.32 bits per heavy atom. The second-order valence-corrected chi connectivity index (χ2v) is 3.83. The molecule has 0 aliphatic carbocycles. The third-order valence-corrected chi connectivity index (χ3v) is 2.43. The number of aliphatic carboxylic acids is 2. The minimum absolute atomic E-state index is 0. The van der Waals surface area contributed by atoms with Crippen LogP contribution in [0.4, 0.5) is 0 Å². The standard InChI is InChI=1S/2C5H7NO3.Ni/c2*7-4-2-1-3(6-4)5(8)9;/h2*3H,1-2H2,(H2,6,7,8,9);/q;;+2/p-2. The molecule has 0 aromatic heterocycles. The van der Waals surface area contributed by atoms with Gasteiger partial charge in [-0.15, -0.1) is 0 Å². The van der Waals surface area contributed by atoms with Gasteiger partial charge in [-0.05, 0) is 24.9 Å². The number of carboxylic acids is 2. The van der Waals surface area contributed by atoms with Crippen LogP contribution in [-0.4, -0.2) is 46.0 Å². The zero-order chi connectivity index (χ0) is 13.7. The van der Waals surface area contributed by atoms with Crippen molar-refractivity contribution in [2.24, 2.45) is 0 Å². The van der Waals surface area contributed by atoms with Gasteiger partial charge in [-0.3, -0.25) is 9.59 Å². The van der Waals surface area contributed by atoms with Gasteiger partial charge in [0.1, 0.15) is 0 Å². The Kier molecular flexibility index (Phi) is 7.07. The molecule has 2 heterocycles. The largest absolute Gasteiger partial charge is 2.00 e. The number of carbonyl (C=O) groups is 4. The number of hydrogen-bond acceptors (Lipinski definition) is 4. The van der Waals surface area contributed by atoms with Crippen LogP contribution < -0.4 is 0 Å². The summed E-state index contributed by atoms with van der Waals surface area (Å²) in [5.41, 5.74) is 0. The van der Waals surface area contributed by atoms with Gasteiger partial charge in [-0.2, -0.15) is 0 Å². The number of hydrogen-bond donors (Lipinski definition) is 2. The van der Waals surface area contributed by atoms with Crippen molar-refractivity contribution in [2.45, 2.75) is 37.8 Å². The molecule has 2 aliphatic heterocycles. The fourth-order valence-corrected chi connectivity index (χ4v) is 1.48. The van der Waals surface area contributed by atoms with Crippen LogP contribution in [0.5, 0.6) is 0 Å². The summed E-state index contributed by atoms with van der Waals surface area (Å²) in [7, 11) is 0. The van der Waals surface area contributed by atoms with E-state index in [4.69, 9.17) is 10.2 Å². The molecule has 0 spiro atoms. The smallest absolute Gasteiger partial charge is 0.642 e. The molecule has 0 aromatic rings. The third kappa shape index (κ3) is 5.69. The van der Waals surface area contributed by atoms with Crippen molar-refractivity contribution in [3.8, 4) is 0 Å². The van der Waals surface area contributed by atoms with Crippen molar-refractivity contribution in [2.75, 3.05) is 0 Å². The molecule has 8 nitrogen and oxygen atoms in total. The summed E-state index contributed by atoms with van der Waals surface area (Å²) in [6, 6.07) is -1.53. The predicted octanol–water partition coefficient (Wildman–Crippen LogP) is 0.265. The van der Waals surface area contributed by atoms with Crippen molar-refractivity contribution >= 4 is 23.8 Å². The van der Waals surface area contributed by atoms with Gasteiger partial charge in [0.15, 0.2) is 0 Å². The van der Waals surface area contributed by atoms with Crippen LogP contribution in [0, 0.1) is 0 Å². The van der Waals surface area contributed by atoms with Crippen molar-refractivity contribution in [3.05, 3.63) is 10.6 Å². The maximum absolute atomic E-state index is 10.3. The summed E-state index contributed by atoms with van der Waals surface area (Å²) in [6.45, 7) is 0. The van der Waals surface area contributed by atoms with Crippen LogP contribution in [0.25, 0.3) is 10.6 Å². The van der Waals surface area contributed by atoms with Crippen LogP contribution >= 0.6 is 0 Å². The SMILES string of the molecule is O=C1CCC(C(=O)O)[N-]1.O=C1CCC(C(=O)O)[N-]1.[Ni+2]. The van der Waals surface area contributed by atoms with Crippen molar-refractivity contribution in [3.63, 3.8) is 0 Å². The summed E-state index contributed by atoms with van der Waals surface area (Å²) in [6.07, 6.45) is 1.32. The molecule has 19 heavy (non-hydrogen) atoms. The molecule has 2 fully saturated rings. The molecule has 2 N–H and O–H groups in total. The quantitative estimate of drug-likeness (QED) is 0.701. The van der Waals surface area contributed by atoms with Crippen LogP contribution in [-0.2, 0) is 35.7 Å². The monoisotopic (exact) mass is 314 g/mol. The minimum Gasteiger partial charge on any atom is -0.642 e. The Morgan fingerprint density at radius 1 is 0.895 bits per heavy atom. The van der Waals surface area contributed by atoms with E-state index in [1.807, 2.05) is 0 Å². The topological polar surface area (TPSA) is 137 Å². The Bertz CT molecular complexity index is 350. The van der Waals surface area contributed by atoms with Gasteiger partial charge in [-0.1, -0.05) is 12.8 Å². The predicted molar refractivity (Wildman–Crippen MR) is 58.0 cm³/mol. The van der Waals surface area contributed by atoms with Gasteiger partial charge >= 0.3 is 16.5 Å². The summed E-state index contributed by atoms with van der Waals surface area (Å²) in [5.74, 6) is -2.58. The molecule has 2 saturated heterocycles. The van der Waals surface area contributed by atoms with E-state index in [0.29, 0.717) is 12.8 Å². The second-order valence-electron chi connectivity index (χ2n) is 3.83. The van der Waals surface area contributed by atoms with Crippen molar-refractivity contribution in [1.29, 1.82) is 0 Å². The van der Waals surface area contributed by atoms with Gasteiger partial charge in [0, 0.05) is 0 Å². The summed E-state index contributed by atoms with van der Waals surface area (Å²) >= 11 is 0. The third-order valence-electron chi connectivity index (χ3n) is 2.43. The maximum Gasteiger partial charge on any atom is 2.00 e. The van der Waals surface area contributed by atoms with Gasteiger partial charge < -0.3 is 30.4 Å². The fraction of sp³-hybridized carbons (Fsp3) is 0.600. The average Bonchev–Trinajstić information content (AvgIpc) is 2.88. The summed E-state index contributed by atoms with van der Waals surface area (Å²) < 4.78 is 0. The summed E-state index contributed by atoms with van der Waals surface area (Å²) in [4.78, 5) is 40.9. The summed E-state index contributed by atoms with van der Waals surface area (Å²) in [5, 5.41) is 23.3. The molecule has 0 saturated carbocycles. The van der Waals surface area contributed by atoms with Crippen LogP contribution in [0.3, 0.4) is 0 Å². The first-order valence-corrected chi connectivity index (χ1v) is 5.33. The Morgan fingerprint density at radius 2 is 1.21 bits per heavy atom. The fourth-order valence-electron chi connectivity index (χ4n) is 1.48. The van der Waals surface area contributed by atoms with E-state index in [9.17, 15) is 19.2 Å². The number of nitrogens with zero attached hydrogens (tertiary/aromatic N) is 2. The Labute approximate surface area is 118 Å². The molecule has 2 rings (SSSR count). The minimum atomic E-state index is -0.999. The van der Waals surface area contributed by atoms with Crippen molar-refractivity contribution < 1.29 is 45.9 Å². The number of carbonyl (C=O) groups excluding carboxylic acids is 2. The number of carboxylic acid groups (broad SMARTS) is 2. The van der Waals surface area contributed by atoms with E-state index >= 15 is 0 Å². The molecule has 2 unspecified atom stereocenters. The van der Waals surface area contributed by atoms with Crippen LogP contribution in [0.2, 0.25) is 0 Å². The van der Waals surface area contributed by atoms with Gasteiger partial charge in [0.05, 0.1) is 11.8 Å². The van der Waals surface area contributed by atoms with E-state index in [1.165, 1.54) is 0 Å². The Hall–Kier alpha value is -1.63. The second kappa shape index (κ2) is 7.73. The molecule has 108 valence electrons. The molecule has 2 atom stereocenters. The van der Waals surface area contributed by atoms with E-state index in [1.54, 1.807) is 0 Å². The Balaban J connectivity index is 0.000000324. The maximum atomic E-state index is 10.3. The van der Waals surface area contributed by atoms with Gasteiger partial charge in [0.2, 0.25) is 0 Å². The molecule has 0 aromatic carbocycles. The molecule has 0 radical (unpaired) electrons. The van der Waals surface area contributed by atoms with Gasteiger partial charge in [0.25, 0.3) is 11.9 Å². The molecular weight excluding hydrogens is 303 g/mol. The van der Waals surface area contributed by atoms with Gasteiger partial charge in [-0.25, -0.2) is 0 Å². The molecule has 0 bridgehead atoms. The number of amides is 2. The first kappa shape index (κ1) is 17.4. The van der Waals surface area contributed by atoms with Crippen LogP contribution in [0.15, 0.2) is 0 Å². The van der Waals surface area contributed by atoms with Crippen molar-refractivity contribution in [1.82, 2.24) is 0 Å². The molecule has 9 heteroatoms.